The third-order valence-electron chi connectivity index (χ3n) is 24.9. The van der Waals surface area contributed by atoms with E-state index in [-0.39, 0.29) is 51.2 Å². The number of hydrogen-bond donors (Lipinski definition) is 5. The zero-order valence-electron chi connectivity index (χ0n) is 79.7. The molecule has 10 aromatic rings. The van der Waals surface area contributed by atoms with Gasteiger partial charge >= 0.3 is 0 Å². The van der Waals surface area contributed by atoms with E-state index in [4.69, 9.17) is 23.7 Å². The number of aryl methyl sites for hydroxylation is 12. The summed E-state index contributed by atoms with van der Waals surface area (Å²) in [7, 11) is 8.13. The maximum atomic E-state index is 12.9. The molecule has 19 nitrogen and oxygen atoms in total. The standard InChI is InChI=1S/C24H31NO2.C23H29NO2.C22H28N2O2.C20H26N2O2S.C19H25N3O2/c1-24(2,3)20-12-10-17(11-13-20)16-25-23(26)21-14-18-8-6-5-7-9-19(18)15-22(21)27-4;1-23(2,3)18-10-12-19(13-11-18)24-22(25)20-14-16-8-6-5-7-9-17(16)15-21(20)26-4;1-22(2,3)17-10-11-20(23-14-17)24-21(25)18-12-15-8-6-5-7-9-16(15)13-19(18)26-4;1-20(2,3)17-12-21-19(25-17)22-18(23)15-10-13-8-6-5-7-9-14(13)11-16(15)24-4;1-4-22-13(2)10-18(21-22)20-19(23)16-11-14-8-6-5-7-9-15(14)12-17(16)24-3/h10-15H,5-9,16H2,1-4H3,(H,25,26);10-15H,5-9H2,1-4H3,(H,24,25);10-14H,5-9H2,1-4H3,(H,23,24,25);10-12H,5-9H2,1-4H3,(H,21,22,23);10-12H,4-9H2,1-3H3,(H,20,21,23). The van der Waals surface area contributed by atoms with Gasteiger partial charge in [-0.05, 0) is 321 Å². The second-order valence-electron chi connectivity index (χ2n) is 38.6. The molecular weight excluding hydrogens is 1620 g/mol. The van der Waals surface area contributed by atoms with Crippen molar-refractivity contribution in [2.24, 2.45) is 0 Å². The summed E-state index contributed by atoms with van der Waals surface area (Å²) < 4.78 is 29.4. The number of pyridine rings is 1. The molecule has 5 amide bonds. The van der Waals surface area contributed by atoms with Crippen molar-refractivity contribution in [3.8, 4) is 28.7 Å². The van der Waals surface area contributed by atoms with Crippen molar-refractivity contribution in [2.75, 3.05) is 56.8 Å². The highest BCUT2D eigenvalue weighted by molar-refractivity contribution is 7.15. The summed E-state index contributed by atoms with van der Waals surface area (Å²) in [6, 6.07) is 42.6. The van der Waals surface area contributed by atoms with Crippen molar-refractivity contribution in [3.63, 3.8) is 0 Å². The van der Waals surface area contributed by atoms with Crippen LogP contribution in [0.25, 0.3) is 0 Å². The van der Waals surface area contributed by atoms with E-state index in [1.54, 1.807) is 35.5 Å². The van der Waals surface area contributed by atoms with Crippen LogP contribution in [-0.4, -0.2) is 84.8 Å². The fraction of sp³-hybridized carbons (Fsp3) is 0.463. The summed E-state index contributed by atoms with van der Waals surface area (Å²) in [5.41, 5.74) is 22.9. The minimum atomic E-state index is -0.176. The topological polar surface area (TPSA) is 235 Å². The number of nitrogens with zero attached hydrogens (tertiary/aromatic N) is 4. The number of hydrogen-bond acceptors (Lipinski definition) is 14. The van der Waals surface area contributed by atoms with Gasteiger partial charge in [0.05, 0.1) is 63.4 Å². The molecular formula is C108H139N9O10S. The minimum Gasteiger partial charge on any atom is -0.496 e. The Kier molecular flexibility index (Phi) is 34.1. The minimum absolute atomic E-state index is 0.0302. The second kappa shape index (κ2) is 44.7. The Morgan fingerprint density at radius 3 is 0.961 bits per heavy atom. The van der Waals surface area contributed by atoms with Gasteiger partial charge in [0.2, 0.25) is 0 Å². The first-order valence-electron chi connectivity index (χ1n) is 46.3. The van der Waals surface area contributed by atoms with Gasteiger partial charge in [-0.15, -0.1) is 11.3 Å². The number of rotatable bonds is 17. The van der Waals surface area contributed by atoms with E-state index < -0.39 is 0 Å². The van der Waals surface area contributed by atoms with Crippen LogP contribution in [0.3, 0.4) is 0 Å². The molecule has 3 aromatic heterocycles. The predicted molar refractivity (Wildman–Crippen MR) is 521 cm³/mol. The number of carbonyl (C=O) groups is 5. The summed E-state index contributed by atoms with van der Waals surface area (Å²) >= 11 is 1.52. The van der Waals surface area contributed by atoms with E-state index in [2.05, 4.69) is 173 Å². The highest BCUT2D eigenvalue weighted by atomic mass is 32.1. The van der Waals surface area contributed by atoms with Gasteiger partial charge in [0.25, 0.3) is 29.5 Å². The molecule has 0 atom stereocenters. The van der Waals surface area contributed by atoms with Gasteiger partial charge < -0.3 is 45.0 Å². The highest BCUT2D eigenvalue weighted by Crippen LogP contribution is 2.38. The molecule has 0 saturated carbocycles. The molecule has 3 heterocycles. The Balaban J connectivity index is 0.000000155. The predicted octanol–water partition coefficient (Wildman–Crippen LogP) is 24.3. The summed E-state index contributed by atoms with van der Waals surface area (Å²) in [5.74, 6) is 3.71. The zero-order valence-corrected chi connectivity index (χ0v) is 80.5. The fourth-order valence-corrected chi connectivity index (χ4v) is 18.0. The molecule has 5 N–H and O–H groups in total. The molecule has 15 rings (SSSR count). The third kappa shape index (κ3) is 26.6. The number of carbonyl (C=O) groups excluding carboxylic acids is 5. The number of ether oxygens (including phenoxy) is 5. The highest BCUT2D eigenvalue weighted by Gasteiger charge is 2.28. The van der Waals surface area contributed by atoms with E-state index in [1.807, 2.05) is 110 Å². The van der Waals surface area contributed by atoms with Crippen LogP contribution in [0.4, 0.5) is 22.5 Å². The van der Waals surface area contributed by atoms with E-state index in [0.29, 0.717) is 79.9 Å². The average molecular weight is 1760 g/mol. The molecule has 128 heavy (non-hydrogen) atoms. The summed E-state index contributed by atoms with van der Waals surface area (Å²) in [6.07, 6.45) is 32.4. The summed E-state index contributed by atoms with van der Waals surface area (Å²) in [5, 5.41) is 19.8. The van der Waals surface area contributed by atoms with Crippen LogP contribution in [0.5, 0.6) is 28.7 Å². The van der Waals surface area contributed by atoms with Crippen molar-refractivity contribution in [1.29, 1.82) is 0 Å². The van der Waals surface area contributed by atoms with Gasteiger partial charge in [0.1, 0.15) is 34.6 Å². The monoisotopic (exact) mass is 1750 g/mol. The third-order valence-corrected chi connectivity index (χ3v) is 26.3. The lowest BCUT2D eigenvalue weighted by Crippen LogP contribution is -2.24. The molecule has 0 saturated heterocycles. The van der Waals surface area contributed by atoms with Crippen molar-refractivity contribution < 1.29 is 47.7 Å². The summed E-state index contributed by atoms with van der Waals surface area (Å²) in [4.78, 5) is 73.9. The molecule has 5 aliphatic rings. The smallest absolute Gasteiger partial charge is 0.261 e. The maximum Gasteiger partial charge on any atom is 0.261 e. The SMILES string of the molecule is CCn1nc(NC(=O)c2cc3c(cc2OC)CCCCC3)cc1C.COc1cc2c(cc1C(=O)NCc1ccc(C(C)(C)C)cc1)CCCCC2.COc1cc2c(cc1C(=O)Nc1ccc(C(C)(C)C)cc1)CCCCC2.COc1cc2c(cc1C(=O)Nc1ccc(C(C)(C)C)cn1)CCCCC2.COc1cc2c(cc1C(=O)Nc1ncc(C(C)(C)C)s1)CCCCC2. The first-order chi connectivity index (χ1) is 61.1. The van der Waals surface area contributed by atoms with E-state index in [1.165, 1.54) is 174 Å². The Hall–Kier alpha value is -11.1. The Morgan fingerprint density at radius 1 is 0.344 bits per heavy atom. The lowest BCUT2D eigenvalue weighted by molar-refractivity contribution is 0.0945. The molecule has 20 heteroatoms. The number of anilines is 4. The molecule has 5 aliphatic carbocycles. The molecule has 0 aliphatic heterocycles. The molecule has 7 aromatic carbocycles. The Labute approximate surface area is 765 Å². The van der Waals surface area contributed by atoms with Gasteiger partial charge in [-0.25, -0.2) is 9.97 Å². The first-order valence-corrected chi connectivity index (χ1v) is 47.2. The van der Waals surface area contributed by atoms with Crippen molar-refractivity contribution in [1.82, 2.24) is 25.1 Å². The van der Waals surface area contributed by atoms with E-state index in [9.17, 15) is 24.0 Å². The molecule has 0 fully saturated rings. The van der Waals surface area contributed by atoms with Crippen LogP contribution in [0.15, 0.2) is 140 Å². The number of thiazole rings is 1. The Bertz CT molecular complexity index is 5330. The lowest BCUT2D eigenvalue weighted by atomic mass is 9.87. The maximum absolute atomic E-state index is 12.9. The molecule has 682 valence electrons. The van der Waals surface area contributed by atoms with Crippen LogP contribution in [0, 0.1) is 6.92 Å². The lowest BCUT2D eigenvalue weighted by Gasteiger charge is -2.19. The molecule has 0 radical (unpaired) electrons. The average Bonchev–Trinajstić information content (AvgIpc) is 1.09. The quantitative estimate of drug-likeness (QED) is 0.0534. The molecule has 0 unspecified atom stereocenters. The fourth-order valence-electron chi connectivity index (χ4n) is 17.1. The van der Waals surface area contributed by atoms with Crippen LogP contribution in [0.1, 0.15) is 327 Å². The number of benzene rings is 7. The number of aromatic nitrogens is 4. The van der Waals surface area contributed by atoms with Gasteiger partial charge in [-0.3, -0.25) is 34.0 Å². The molecule has 0 bridgehead atoms. The normalized spacial score (nSPS) is 14.3. The van der Waals surface area contributed by atoms with Crippen molar-refractivity contribution >= 4 is 63.3 Å². The van der Waals surface area contributed by atoms with Crippen LogP contribution in [0.2, 0.25) is 0 Å². The first kappa shape index (κ1) is 97.5. The number of amides is 5. The second-order valence-corrected chi connectivity index (χ2v) is 39.7. The van der Waals surface area contributed by atoms with Crippen LogP contribution in [-0.2, 0) is 99.0 Å². The van der Waals surface area contributed by atoms with Crippen molar-refractivity contribution in [2.45, 2.75) is 292 Å². The van der Waals surface area contributed by atoms with Crippen LogP contribution >= 0.6 is 11.3 Å². The largest absolute Gasteiger partial charge is 0.496 e. The van der Waals surface area contributed by atoms with Crippen LogP contribution < -0.4 is 50.3 Å². The number of nitrogens with one attached hydrogen (secondary N) is 5. The van der Waals surface area contributed by atoms with Gasteiger partial charge in [-0.2, -0.15) is 5.10 Å². The zero-order chi connectivity index (χ0) is 92.0. The van der Waals surface area contributed by atoms with Gasteiger partial charge in [0.15, 0.2) is 10.9 Å². The van der Waals surface area contributed by atoms with E-state index in [0.717, 1.165) is 98.1 Å². The summed E-state index contributed by atoms with van der Waals surface area (Å²) in [6.45, 7) is 31.3. The number of methoxy groups -OCH3 is 5. The number of fused-ring (bicyclic) bond motifs is 5. The molecule has 0 spiro atoms. The van der Waals surface area contributed by atoms with E-state index >= 15 is 0 Å². The Morgan fingerprint density at radius 2 is 0.656 bits per heavy atom. The van der Waals surface area contributed by atoms with Gasteiger partial charge in [0, 0.05) is 47.8 Å². The van der Waals surface area contributed by atoms with Gasteiger partial charge in [-0.1, -0.05) is 158 Å². The van der Waals surface area contributed by atoms with Crippen molar-refractivity contribution in [3.05, 3.63) is 256 Å².